The molecule has 0 N–H and O–H groups in total. The molecule has 0 saturated heterocycles. The van der Waals surface area contributed by atoms with Crippen LogP contribution < -0.4 is 14.4 Å². The largest absolute Gasteiger partial charge is 0.463 e. The van der Waals surface area contributed by atoms with Crippen LogP contribution in [0, 0.1) is 6.92 Å². The van der Waals surface area contributed by atoms with Crippen molar-refractivity contribution in [3.8, 4) is 22.6 Å². The SMILES string of the molecule is Cc1ccc(OP2(=O)Oc3ccccc3-c3ccccc32)cc1. The molecule has 1 unspecified atom stereocenters. The van der Waals surface area contributed by atoms with Gasteiger partial charge >= 0.3 is 7.60 Å². The summed E-state index contributed by atoms with van der Waals surface area (Å²) in [6, 6.07) is 22.6. The molecule has 1 aliphatic rings. The van der Waals surface area contributed by atoms with Crippen LogP contribution in [-0.4, -0.2) is 0 Å². The molecule has 4 heteroatoms. The molecule has 0 radical (unpaired) electrons. The molecule has 23 heavy (non-hydrogen) atoms. The van der Waals surface area contributed by atoms with Crippen LogP contribution in [0.5, 0.6) is 11.5 Å². The van der Waals surface area contributed by atoms with E-state index < -0.39 is 7.60 Å². The van der Waals surface area contributed by atoms with Crippen LogP contribution in [0.4, 0.5) is 0 Å². The van der Waals surface area contributed by atoms with E-state index in [1.807, 2.05) is 73.7 Å². The van der Waals surface area contributed by atoms with E-state index in [9.17, 15) is 4.57 Å². The normalized spacial score (nSPS) is 18.5. The second kappa shape index (κ2) is 5.29. The second-order valence-electron chi connectivity index (χ2n) is 5.51. The van der Waals surface area contributed by atoms with E-state index in [0.29, 0.717) is 16.8 Å². The van der Waals surface area contributed by atoms with Crippen molar-refractivity contribution < 1.29 is 13.6 Å². The van der Waals surface area contributed by atoms with E-state index >= 15 is 0 Å². The van der Waals surface area contributed by atoms with Gasteiger partial charge in [0.15, 0.2) is 0 Å². The Hall–Kier alpha value is -2.51. The molecule has 0 bridgehead atoms. The van der Waals surface area contributed by atoms with Crippen molar-refractivity contribution in [3.63, 3.8) is 0 Å². The molecule has 1 heterocycles. The van der Waals surface area contributed by atoms with Crippen molar-refractivity contribution in [1.29, 1.82) is 0 Å². The predicted octanol–water partition coefficient (Wildman–Crippen LogP) is 4.95. The van der Waals surface area contributed by atoms with Crippen LogP contribution in [0.25, 0.3) is 11.1 Å². The van der Waals surface area contributed by atoms with Gasteiger partial charge in [-0.25, -0.2) is 4.57 Å². The lowest BCUT2D eigenvalue weighted by atomic mass is 10.0. The Morgan fingerprint density at radius 1 is 0.826 bits per heavy atom. The Bertz CT molecular complexity index is 916. The van der Waals surface area contributed by atoms with Crippen LogP contribution in [0.3, 0.4) is 0 Å². The van der Waals surface area contributed by atoms with Gasteiger partial charge in [-0.05, 0) is 31.2 Å². The minimum absolute atomic E-state index is 0.535. The molecule has 1 atom stereocenters. The van der Waals surface area contributed by atoms with E-state index in [2.05, 4.69) is 0 Å². The van der Waals surface area contributed by atoms with E-state index in [0.717, 1.165) is 16.7 Å². The number of benzene rings is 3. The molecule has 3 aromatic carbocycles. The van der Waals surface area contributed by atoms with Gasteiger partial charge < -0.3 is 9.05 Å². The fourth-order valence-corrected chi connectivity index (χ4v) is 4.50. The van der Waals surface area contributed by atoms with Gasteiger partial charge in [0.2, 0.25) is 0 Å². The number of rotatable bonds is 2. The lowest BCUT2D eigenvalue weighted by molar-refractivity contribution is 0.398. The highest BCUT2D eigenvalue weighted by molar-refractivity contribution is 7.63. The summed E-state index contributed by atoms with van der Waals surface area (Å²) in [6.45, 7) is 1.99. The summed E-state index contributed by atoms with van der Waals surface area (Å²) in [6.07, 6.45) is 0. The molecular formula is C19H15O3P. The first-order chi connectivity index (χ1) is 11.2. The molecule has 4 rings (SSSR count). The quantitative estimate of drug-likeness (QED) is 0.626. The lowest BCUT2D eigenvalue weighted by Gasteiger charge is -2.27. The molecule has 0 fully saturated rings. The van der Waals surface area contributed by atoms with Crippen molar-refractivity contribution >= 4 is 12.9 Å². The smallest absolute Gasteiger partial charge is 0.413 e. The number of hydrogen-bond acceptors (Lipinski definition) is 3. The van der Waals surface area contributed by atoms with Gasteiger partial charge in [0.05, 0.1) is 5.30 Å². The average molecular weight is 322 g/mol. The van der Waals surface area contributed by atoms with E-state index in [1.54, 1.807) is 6.07 Å². The minimum atomic E-state index is -3.47. The standard InChI is InChI=1S/C19H15O3P/c1-14-10-12-15(13-11-14)21-23(20)19-9-5-3-7-17(19)16-6-2-4-8-18(16)22-23/h2-13H,1H3. The maximum Gasteiger partial charge on any atom is 0.463 e. The summed E-state index contributed by atoms with van der Waals surface area (Å²) in [5, 5.41) is 0.597. The van der Waals surface area contributed by atoms with Gasteiger partial charge in [0, 0.05) is 11.1 Å². The first kappa shape index (κ1) is 14.1. The number of fused-ring (bicyclic) bond motifs is 3. The van der Waals surface area contributed by atoms with Gasteiger partial charge in [-0.3, -0.25) is 0 Å². The Morgan fingerprint density at radius 3 is 2.26 bits per heavy atom. The van der Waals surface area contributed by atoms with Crippen LogP contribution in [0.15, 0.2) is 72.8 Å². The van der Waals surface area contributed by atoms with E-state index in [4.69, 9.17) is 9.05 Å². The summed E-state index contributed by atoms with van der Waals surface area (Å²) >= 11 is 0. The molecule has 0 aromatic heterocycles. The van der Waals surface area contributed by atoms with Crippen molar-refractivity contribution in [1.82, 2.24) is 0 Å². The summed E-state index contributed by atoms with van der Waals surface area (Å²) in [5.41, 5.74) is 2.94. The first-order valence-electron chi connectivity index (χ1n) is 7.41. The molecule has 0 saturated carbocycles. The fourth-order valence-electron chi connectivity index (χ4n) is 2.69. The Morgan fingerprint density at radius 2 is 1.48 bits per heavy atom. The third-order valence-electron chi connectivity index (χ3n) is 3.84. The van der Waals surface area contributed by atoms with Gasteiger partial charge in [-0.15, -0.1) is 0 Å². The molecule has 0 amide bonds. The zero-order valence-corrected chi connectivity index (χ0v) is 13.5. The highest BCUT2D eigenvalue weighted by atomic mass is 31.2. The molecule has 3 aromatic rings. The fraction of sp³-hybridized carbons (Fsp3) is 0.0526. The molecule has 1 aliphatic heterocycles. The summed E-state index contributed by atoms with van der Waals surface area (Å²) in [4.78, 5) is 0. The first-order valence-corrected chi connectivity index (χ1v) is 8.95. The molecule has 0 aliphatic carbocycles. The van der Waals surface area contributed by atoms with Crippen molar-refractivity contribution in [2.75, 3.05) is 0 Å². The zero-order valence-electron chi connectivity index (χ0n) is 12.6. The van der Waals surface area contributed by atoms with Crippen LogP contribution in [0.2, 0.25) is 0 Å². The highest BCUT2D eigenvalue weighted by Crippen LogP contribution is 2.54. The Kier molecular flexibility index (Phi) is 3.24. The molecule has 3 nitrogen and oxygen atoms in total. The summed E-state index contributed by atoms with van der Waals surface area (Å²) < 4.78 is 25.1. The van der Waals surface area contributed by atoms with Gasteiger partial charge in [-0.1, -0.05) is 54.1 Å². The number of hydrogen-bond donors (Lipinski definition) is 0. The second-order valence-corrected chi connectivity index (χ2v) is 7.35. The number of aryl methyl sites for hydroxylation is 1. The van der Waals surface area contributed by atoms with Crippen LogP contribution >= 0.6 is 7.60 Å². The maximum absolute atomic E-state index is 13.4. The zero-order chi connectivity index (χ0) is 15.9. The molecule has 114 valence electrons. The average Bonchev–Trinajstić information content (AvgIpc) is 2.57. The highest BCUT2D eigenvalue weighted by Gasteiger charge is 2.38. The number of para-hydroxylation sites is 1. The van der Waals surface area contributed by atoms with E-state index in [-0.39, 0.29) is 0 Å². The van der Waals surface area contributed by atoms with Crippen LogP contribution in [0.1, 0.15) is 5.56 Å². The van der Waals surface area contributed by atoms with Gasteiger partial charge in [-0.2, -0.15) is 0 Å². The van der Waals surface area contributed by atoms with Gasteiger partial charge in [0.25, 0.3) is 0 Å². The summed E-state index contributed by atoms with van der Waals surface area (Å²) in [5.74, 6) is 1.12. The Labute approximate surface area is 135 Å². The minimum Gasteiger partial charge on any atom is -0.413 e. The topological polar surface area (TPSA) is 35.5 Å². The maximum atomic E-state index is 13.4. The molecule has 0 spiro atoms. The van der Waals surface area contributed by atoms with Gasteiger partial charge in [0.1, 0.15) is 11.5 Å². The van der Waals surface area contributed by atoms with Crippen molar-refractivity contribution in [2.24, 2.45) is 0 Å². The van der Waals surface area contributed by atoms with Crippen molar-refractivity contribution in [3.05, 3.63) is 78.4 Å². The monoisotopic (exact) mass is 322 g/mol. The Balaban J connectivity index is 1.83. The molecular weight excluding hydrogens is 307 g/mol. The van der Waals surface area contributed by atoms with Crippen LogP contribution in [-0.2, 0) is 4.57 Å². The van der Waals surface area contributed by atoms with E-state index in [1.165, 1.54) is 0 Å². The summed E-state index contributed by atoms with van der Waals surface area (Å²) in [7, 11) is -3.47. The predicted molar refractivity (Wildman–Crippen MR) is 91.6 cm³/mol. The lowest BCUT2D eigenvalue weighted by Crippen LogP contribution is -2.20. The van der Waals surface area contributed by atoms with Crippen molar-refractivity contribution in [2.45, 2.75) is 6.92 Å². The third-order valence-corrected chi connectivity index (χ3v) is 5.71. The third kappa shape index (κ3) is 2.43.